The number of nitrogens with zero attached hydrogens (tertiary/aromatic N) is 6. The minimum atomic E-state index is -0.784. The zero-order chi connectivity index (χ0) is 20.0. The Hall–Kier alpha value is -3.76. The number of hydrogen-bond acceptors (Lipinski definition) is 7. The number of carbonyl (C=O) groups excluding carboxylic acids is 3. The smallest absolute Gasteiger partial charge is 0.328 e. The highest BCUT2D eigenvalue weighted by Gasteiger charge is 2.48. The Balaban J connectivity index is 1.50. The fourth-order valence-electron chi connectivity index (χ4n) is 3.35. The molecule has 28 heavy (non-hydrogen) atoms. The molecule has 2 unspecified atom stereocenters. The number of H-pyrrole nitrogens is 1. The summed E-state index contributed by atoms with van der Waals surface area (Å²) in [6.45, 7) is -0.237. The van der Waals surface area contributed by atoms with Crippen LogP contribution in [-0.4, -0.2) is 81.8 Å². The Morgan fingerprint density at radius 2 is 2.04 bits per heavy atom. The number of aliphatic imine (C=N–C) groups is 1. The van der Waals surface area contributed by atoms with E-state index in [-0.39, 0.29) is 18.1 Å². The van der Waals surface area contributed by atoms with Crippen molar-refractivity contribution in [3.05, 3.63) is 24.3 Å². The second-order valence-corrected chi connectivity index (χ2v) is 6.55. The molecule has 1 aromatic carbocycles. The molecule has 0 radical (unpaired) electrons. The summed E-state index contributed by atoms with van der Waals surface area (Å²) in [6.07, 6.45) is 0.686. The summed E-state index contributed by atoms with van der Waals surface area (Å²) in [5.41, 5.74) is 0.829. The molecule has 2 atom stereocenters. The number of aromatic amines is 1. The van der Waals surface area contributed by atoms with Gasteiger partial charge in [-0.25, -0.2) is 9.79 Å². The average molecular weight is 383 g/mol. The van der Waals surface area contributed by atoms with Crippen LogP contribution in [0.25, 0.3) is 10.9 Å². The van der Waals surface area contributed by atoms with E-state index in [0.29, 0.717) is 10.9 Å². The lowest BCUT2D eigenvalue weighted by Gasteiger charge is -2.39. The van der Waals surface area contributed by atoms with Crippen LogP contribution in [0.2, 0.25) is 0 Å². The van der Waals surface area contributed by atoms with Crippen LogP contribution < -0.4 is 0 Å². The number of azo groups is 1. The zero-order valence-electron chi connectivity index (χ0n) is 15.1. The number of urea groups is 1. The predicted octanol–water partition coefficient (Wildman–Crippen LogP) is 1.05. The first-order valence-electron chi connectivity index (χ1n) is 8.46. The molecule has 1 aromatic heterocycles. The number of amides is 4. The van der Waals surface area contributed by atoms with Crippen LogP contribution in [-0.2, 0) is 9.59 Å². The number of aromatic hydroxyl groups is 1. The maximum Gasteiger partial charge on any atom is 0.328 e. The van der Waals surface area contributed by atoms with Gasteiger partial charge in [-0.15, -0.1) is 10.2 Å². The van der Waals surface area contributed by atoms with Gasteiger partial charge in [0.1, 0.15) is 6.54 Å². The van der Waals surface area contributed by atoms with E-state index in [2.05, 4.69) is 20.2 Å². The molecule has 3 heterocycles. The van der Waals surface area contributed by atoms with Gasteiger partial charge < -0.3 is 19.9 Å². The van der Waals surface area contributed by atoms with Gasteiger partial charge >= 0.3 is 6.03 Å². The third-order valence-corrected chi connectivity index (χ3v) is 4.82. The molecule has 0 spiro atoms. The Kier molecular flexibility index (Phi) is 4.06. The molecular weight excluding hydrogens is 366 g/mol. The van der Waals surface area contributed by atoms with Gasteiger partial charge in [-0.2, -0.15) is 0 Å². The highest BCUT2D eigenvalue weighted by atomic mass is 16.3. The van der Waals surface area contributed by atoms with Crippen LogP contribution in [0.4, 0.5) is 10.5 Å². The molecule has 2 aliphatic heterocycles. The third-order valence-electron chi connectivity index (χ3n) is 4.82. The van der Waals surface area contributed by atoms with Gasteiger partial charge in [0.2, 0.25) is 5.88 Å². The molecule has 2 aliphatic rings. The lowest BCUT2D eigenvalue weighted by molar-refractivity contribution is -0.136. The SMILES string of the molecule is CN1C(=O)C2C(N=CN2CC(=O)N=Nc2c(O)[nH]c3ccccc23)N(C)C1=O. The van der Waals surface area contributed by atoms with Gasteiger partial charge in [0.25, 0.3) is 11.8 Å². The van der Waals surface area contributed by atoms with Gasteiger partial charge in [0, 0.05) is 19.5 Å². The number of likely N-dealkylation sites (N-methyl/N-ethyl adjacent to an activating group) is 2. The minimum absolute atomic E-state index is 0.163. The quantitative estimate of drug-likeness (QED) is 0.764. The number of para-hydroxylation sites is 1. The topological polar surface area (TPSA) is 134 Å². The summed E-state index contributed by atoms with van der Waals surface area (Å²) < 4.78 is 0. The maximum atomic E-state index is 12.4. The van der Waals surface area contributed by atoms with Crippen molar-refractivity contribution in [1.29, 1.82) is 0 Å². The summed E-state index contributed by atoms with van der Waals surface area (Å²) in [5.74, 6) is -1.25. The molecule has 11 heteroatoms. The van der Waals surface area contributed by atoms with E-state index < -0.39 is 30.1 Å². The zero-order valence-corrected chi connectivity index (χ0v) is 15.1. The first kappa shape index (κ1) is 17.6. The first-order valence-corrected chi connectivity index (χ1v) is 8.46. The highest BCUT2D eigenvalue weighted by Crippen LogP contribution is 2.35. The molecule has 4 rings (SSSR count). The van der Waals surface area contributed by atoms with E-state index in [1.54, 1.807) is 31.3 Å². The van der Waals surface area contributed by atoms with Gasteiger partial charge in [-0.05, 0) is 6.07 Å². The van der Waals surface area contributed by atoms with Crippen molar-refractivity contribution in [2.75, 3.05) is 20.6 Å². The van der Waals surface area contributed by atoms with Crippen molar-refractivity contribution >= 4 is 40.8 Å². The highest BCUT2D eigenvalue weighted by molar-refractivity contribution is 6.02. The van der Waals surface area contributed by atoms with Crippen LogP contribution in [0.3, 0.4) is 0 Å². The molecule has 11 nitrogen and oxygen atoms in total. The predicted molar refractivity (Wildman–Crippen MR) is 98.2 cm³/mol. The Morgan fingerprint density at radius 3 is 2.82 bits per heavy atom. The molecule has 1 fully saturated rings. The normalized spacial score (nSPS) is 22.0. The number of fused-ring (bicyclic) bond motifs is 2. The van der Waals surface area contributed by atoms with Crippen molar-refractivity contribution in [1.82, 2.24) is 19.7 Å². The van der Waals surface area contributed by atoms with Crippen molar-refractivity contribution < 1.29 is 19.5 Å². The average Bonchev–Trinajstić information content (AvgIpc) is 3.23. The van der Waals surface area contributed by atoms with Gasteiger partial charge in [0.05, 0.1) is 11.9 Å². The standard InChI is InChI=1S/C17H17N7O4/c1-22-14-13(16(27)23(2)17(22)28)24(8-18-14)7-11(25)20-21-12-9-5-3-4-6-10(9)19-15(12)26/h3-6,8,13-14,19,26H,7H2,1-2H3. The molecule has 0 aliphatic carbocycles. The van der Waals surface area contributed by atoms with Crippen LogP contribution >= 0.6 is 0 Å². The summed E-state index contributed by atoms with van der Waals surface area (Å²) >= 11 is 0. The first-order chi connectivity index (χ1) is 13.4. The van der Waals surface area contributed by atoms with Crippen molar-refractivity contribution in [2.45, 2.75) is 12.2 Å². The van der Waals surface area contributed by atoms with Gasteiger partial charge in [-0.1, -0.05) is 18.2 Å². The molecule has 2 aromatic rings. The number of benzene rings is 1. The van der Waals surface area contributed by atoms with E-state index in [4.69, 9.17) is 0 Å². The van der Waals surface area contributed by atoms with Crippen molar-refractivity contribution in [3.63, 3.8) is 0 Å². The number of aromatic nitrogens is 1. The third kappa shape index (κ3) is 2.68. The molecule has 1 saturated heterocycles. The molecular formula is C17H17N7O4. The monoisotopic (exact) mass is 383 g/mol. The fraction of sp³-hybridized carbons (Fsp3) is 0.294. The second kappa shape index (κ2) is 6.44. The second-order valence-electron chi connectivity index (χ2n) is 6.55. The summed E-state index contributed by atoms with van der Waals surface area (Å²) in [4.78, 5) is 47.4. The molecule has 4 amide bonds. The molecule has 0 saturated carbocycles. The Bertz CT molecular complexity index is 1040. The minimum Gasteiger partial charge on any atom is -0.493 e. The largest absolute Gasteiger partial charge is 0.493 e. The number of hydrogen-bond donors (Lipinski definition) is 2. The lowest BCUT2D eigenvalue weighted by Crippen LogP contribution is -2.63. The van der Waals surface area contributed by atoms with Crippen LogP contribution in [0.5, 0.6) is 5.88 Å². The molecule has 2 N–H and O–H groups in total. The number of rotatable bonds is 3. The summed E-state index contributed by atoms with van der Waals surface area (Å²) in [6, 6.07) is 5.85. The van der Waals surface area contributed by atoms with Crippen molar-refractivity contribution in [3.8, 4) is 5.88 Å². The maximum absolute atomic E-state index is 12.4. The van der Waals surface area contributed by atoms with Gasteiger partial charge in [0.15, 0.2) is 17.9 Å². The number of imide groups is 1. The molecule has 0 bridgehead atoms. The van der Waals surface area contributed by atoms with Crippen LogP contribution in [0, 0.1) is 0 Å². The lowest BCUT2D eigenvalue weighted by atomic mass is 10.1. The summed E-state index contributed by atoms with van der Waals surface area (Å²) in [5, 5.41) is 18.1. The van der Waals surface area contributed by atoms with Gasteiger partial charge in [-0.3, -0.25) is 14.5 Å². The Labute approximate surface area is 158 Å². The molecule has 144 valence electrons. The van der Waals surface area contributed by atoms with E-state index >= 15 is 0 Å². The Morgan fingerprint density at radius 1 is 1.29 bits per heavy atom. The van der Waals surface area contributed by atoms with E-state index in [0.717, 1.165) is 4.90 Å². The fourth-order valence-corrected chi connectivity index (χ4v) is 3.35. The van der Waals surface area contributed by atoms with Crippen molar-refractivity contribution in [2.24, 2.45) is 15.2 Å². The summed E-state index contributed by atoms with van der Waals surface area (Å²) in [7, 11) is 2.93. The number of carbonyl (C=O) groups is 3. The van der Waals surface area contributed by atoms with Crippen LogP contribution in [0.15, 0.2) is 39.5 Å². The number of nitrogens with one attached hydrogen (secondary N) is 1. The van der Waals surface area contributed by atoms with Crippen LogP contribution in [0.1, 0.15) is 0 Å². The van der Waals surface area contributed by atoms with E-state index in [9.17, 15) is 19.5 Å². The van der Waals surface area contributed by atoms with E-state index in [1.807, 2.05) is 0 Å². The van der Waals surface area contributed by atoms with E-state index in [1.165, 1.54) is 23.2 Å².